The summed E-state index contributed by atoms with van der Waals surface area (Å²) in [4.78, 5) is 23.3. The molecule has 2 aliphatic carbocycles. The number of carboxylic acids is 2. The first kappa shape index (κ1) is 24.0. The largest absolute Gasteiger partial charge is 0.550 e. The summed E-state index contributed by atoms with van der Waals surface area (Å²) >= 11 is 0. The highest BCUT2D eigenvalue weighted by molar-refractivity contribution is 5.72. The molecule has 4 aliphatic rings. The normalized spacial score (nSPS) is 39.4. The van der Waals surface area contributed by atoms with Crippen molar-refractivity contribution in [1.29, 1.82) is 0 Å². The van der Waals surface area contributed by atoms with Gasteiger partial charge in [0.25, 0.3) is 0 Å². The number of fused-ring (bicyclic) bond motifs is 2. The van der Waals surface area contributed by atoms with Crippen LogP contribution in [0.15, 0.2) is 0 Å². The molecule has 8 unspecified atom stereocenters. The predicted octanol–water partition coefficient (Wildman–Crippen LogP) is 2.61. The van der Waals surface area contributed by atoms with Crippen molar-refractivity contribution in [1.82, 2.24) is 0 Å². The van der Waals surface area contributed by atoms with Crippen LogP contribution in [0, 0.1) is 29.1 Å². The van der Waals surface area contributed by atoms with Gasteiger partial charge in [0.05, 0.1) is 24.4 Å². The Labute approximate surface area is 192 Å². The summed E-state index contributed by atoms with van der Waals surface area (Å²) in [5, 5.41) is 23.3. The van der Waals surface area contributed by atoms with E-state index < -0.39 is 17.4 Å². The monoisotopic (exact) mass is 448 g/mol. The summed E-state index contributed by atoms with van der Waals surface area (Å²) in [6.07, 6.45) is 11.9. The van der Waals surface area contributed by atoms with Crippen molar-refractivity contribution in [3.63, 3.8) is 0 Å². The minimum atomic E-state index is -0.993. The van der Waals surface area contributed by atoms with Crippen molar-refractivity contribution in [2.24, 2.45) is 29.1 Å². The highest BCUT2D eigenvalue weighted by Crippen LogP contribution is 2.52. The summed E-state index contributed by atoms with van der Waals surface area (Å²) in [5.74, 6) is -0.129. The van der Waals surface area contributed by atoms with Crippen LogP contribution in [0.4, 0.5) is 0 Å². The van der Waals surface area contributed by atoms with E-state index in [0.29, 0.717) is 73.8 Å². The van der Waals surface area contributed by atoms with Gasteiger partial charge in [0.1, 0.15) is 0 Å². The van der Waals surface area contributed by atoms with Crippen LogP contribution in [0.25, 0.3) is 0 Å². The van der Waals surface area contributed by atoms with Gasteiger partial charge in [0, 0.05) is 17.4 Å². The Morgan fingerprint density at radius 3 is 1.72 bits per heavy atom. The van der Waals surface area contributed by atoms with E-state index in [9.17, 15) is 19.8 Å². The quantitative estimate of drug-likeness (QED) is 0.317. The third kappa shape index (κ3) is 5.85. The van der Waals surface area contributed by atoms with Crippen LogP contribution in [-0.4, -0.2) is 36.4 Å². The number of ether oxygens (including phenoxy) is 2. The molecule has 0 N–H and O–H groups in total. The molecule has 4 rings (SSSR count). The lowest BCUT2D eigenvalue weighted by Crippen LogP contribution is -2.47. The molecule has 182 valence electrons. The lowest BCUT2D eigenvalue weighted by Gasteiger charge is -2.44. The molecule has 0 spiro atoms. The number of rotatable bonds is 13. The Kier molecular flexibility index (Phi) is 7.50. The van der Waals surface area contributed by atoms with E-state index in [1.165, 1.54) is 0 Å². The first-order valence-corrected chi connectivity index (χ1v) is 13.0. The molecule has 0 aromatic heterocycles. The van der Waals surface area contributed by atoms with Gasteiger partial charge in [0.2, 0.25) is 0 Å². The van der Waals surface area contributed by atoms with Gasteiger partial charge < -0.3 is 29.3 Å². The van der Waals surface area contributed by atoms with E-state index >= 15 is 0 Å². The fourth-order valence-corrected chi connectivity index (χ4v) is 6.76. The molecular formula is C26H40O6-2. The number of epoxide rings is 2. The van der Waals surface area contributed by atoms with Gasteiger partial charge >= 0.3 is 0 Å². The van der Waals surface area contributed by atoms with Crippen LogP contribution in [0.5, 0.6) is 0 Å². The van der Waals surface area contributed by atoms with Crippen LogP contribution in [-0.2, 0) is 19.1 Å². The molecule has 0 amide bonds. The highest BCUT2D eigenvalue weighted by atomic mass is 16.6. The molecule has 2 aliphatic heterocycles. The van der Waals surface area contributed by atoms with E-state index in [2.05, 4.69) is 13.8 Å². The maximum atomic E-state index is 12.8. The van der Waals surface area contributed by atoms with Crippen LogP contribution >= 0.6 is 0 Å². The second kappa shape index (κ2) is 10.0. The van der Waals surface area contributed by atoms with Gasteiger partial charge in [0.15, 0.2) is 0 Å². The second-order valence-corrected chi connectivity index (χ2v) is 11.5. The SMILES string of the molecule is CC1CC2OC2CC1CC(CCCCCCCC(=O)[O-])(CC1CC2OC2CC1C)C(=O)[O-]. The lowest BCUT2D eigenvalue weighted by atomic mass is 9.62. The second-order valence-electron chi connectivity index (χ2n) is 11.5. The zero-order chi connectivity index (χ0) is 22.9. The minimum absolute atomic E-state index is 0.108. The number of carbonyl (C=O) groups excluding carboxylic acids is 2. The van der Waals surface area contributed by atoms with Crippen LogP contribution in [0.3, 0.4) is 0 Å². The Hall–Kier alpha value is -1.14. The number of hydrogen-bond donors (Lipinski definition) is 0. The molecule has 6 heteroatoms. The Balaban J connectivity index is 1.38. The molecule has 0 aromatic rings. The molecule has 0 radical (unpaired) electrons. The van der Waals surface area contributed by atoms with E-state index in [4.69, 9.17) is 9.47 Å². The van der Waals surface area contributed by atoms with Crippen molar-refractivity contribution in [2.75, 3.05) is 0 Å². The smallest absolute Gasteiger partial charge is 0.0844 e. The summed E-state index contributed by atoms with van der Waals surface area (Å²) in [7, 11) is 0. The molecule has 6 nitrogen and oxygen atoms in total. The van der Waals surface area contributed by atoms with Crippen LogP contribution in [0.2, 0.25) is 0 Å². The van der Waals surface area contributed by atoms with Gasteiger partial charge in [-0.1, -0.05) is 39.5 Å². The number of aliphatic carboxylic acids is 2. The highest BCUT2D eigenvalue weighted by Gasteiger charge is 2.51. The third-order valence-corrected chi connectivity index (χ3v) is 9.04. The number of hydrogen-bond acceptors (Lipinski definition) is 6. The van der Waals surface area contributed by atoms with E-state index in [0.717, 1.165) is 51.4 Å². The first-order chi connectivity index (χ1) is 15.3. The summed E-state index contributed by atoms with van der Waals surface area (Å²) in [6.45, 7) is 4.51. The van der Waals surface area contributed by atoms with E-state index in [1.807, 2.05) is 0 Å². The molecule has 2 heterocycles. The van der Waals surface area contributed by atoms with Crippen LogP contribution < -0.4 is 10.2 Å². The van der Waals surface area contributed by atoms with Gasteiger partial charge in [-0.25, -0.2) is 0 Å². The standard InChI is InChI=1S/C26H42O6/c1-16-10-20-22(31-20)12-18(16)14-26(25(29)30,9-7-5-3-4-6-8-24(27)28)15-19-13-23-21(32-23)11-17(19)2/h16-23H,3-15H2,1-2H3,(H,27,28)(H,29,30)/p-2. The van der Waals surface area contributed by atoms with Crippen molar-refractivity contribution in [3.05, 3.63) is 0 Å². The maximum Gasteiger partial charge on any atom is 0.0844 e. The summed E-state index contributed by atoms with van der Waals surface area (Å²) < 4.78 is 11.5. The van der Waals surface area contributed by atoms with Crippen molar-refractivity contribution in [2.45, 2.75) is 122 Å². The molecule has 0 aromatic carbocycles. The number of carbonyl (C=O) groups is 2. The van der Waals surface area contributed by atoms with Crippen molar-refractivity contribution < 1.29 is 29.3 Å². The van der Waals surface area contributed by atoms with Gasteiger partial charge in [-0.2, -0.15) is 0 Å². The fourth-order valence-electron chi connectivity index (χ4n) is 6.76. The topological polar surface area (TPSA) is 105 Å². The van der Waals surface area contributed by atoms with Gasteiger partial charge in [-0.15, -0.1) is 0 Å². The Morgan fingerprint density at radius 1 is 0.750 bits per heavy atom. The molecule has 2 saturated carbocycles. The zero-order valence-electron chi connectivity index (χ0n) is 19.8. The molecule has 2 saturated heterocycles. The fraction of sp³-hybridized carbons (Fsp3) is 0.923. The average molecular weight is 449 g/mol. The minimum Gasteiger partial charge on any atom is -0.550 e. The number of carboxylic acid groups (broad SMARTS) is 2. The summed E-state index contributed by atoms with van der Waals surface area (Å²) in [5.41, 5.74) is -0.785. The third-order valence-electron chi connectivity index (χ3n) is 9.04. The van der Waals surface area contributed by atoms with Crippen LogP contribution in [0.1, 0.15) is 97.3 Å². The van der Waals surface area contributed by atoms with Gasteiger partial charge in [-0.3, -0.25) is 0 Å². The molecule has 0 bridgehead atoms. The maximum absolute atomic E-state index is 12.8. The van der Waals surface area contributed by atoms with Crippen molar-refractivity contribution >= 4 is 11.9 Å². The van der Waals surface area contributed by atoms with E-state index in [1.54, 1.807) is 0 Å². The predicted molar refractivity (Wildman–Crippen MR) is 115 cm³/mol. The average Bonchev–Trinajstić information content (AvgIpc) is 3.63. The van der Waals surface area contributed by atoms with Gasteiger partial charge in [-0.05, 0) is 81.5 Å². The van der Waals surface area contributed by atoms with E-state index in [-0.39, 0.29) is 6.42 Å². The Morgan fingerprint density at radius 2 is 1.22 bits per heavy atom. The summed E-state index contributed by atoms with van der Waals surface area (Å²) in [6, 6.07) is 0. The number of unbranched alkanes of at least 4 members (excludes halogenated alkanes) is 4. The molecule has 4 fully saturated rings. The first-order valence-electron chi connectivity index (χ1n) is 13.0. The lowest BCUT2D eigenvalue weighted by molar-refractivity contribution is -0.322. The molecular weight excluding hydrogens is 408 g/mol. The molecule has 8 atom stereocenters. The van der Waals surface area contributed by atoms with Crippen molar-refractivity contribution in [3.8, 4) is 0 Å². The molecule has 32 heavy (non-hydrogen) atoms. The Bertz CT molecular complexity index is 643. The zero-order valence-corrected chi connectivity index (χ0v) is 19.8.